The van der Waals surface area contributed by atoms with Gasteiger partial charge in [0.15, 0.2) is 0 Å². The zero-order chi connectivity index (χ0) is 34.7. The average molecular weight is 674 g/mol. The van der Waals surface area contributed by atoms with Gasteiger partial charge >= 0.3 is 0 Å². The standard InChI is InChI=1S/C37H43N3O7S/c1-27(2)24-38-37(42)34(23-28-12-7-6-8-13-28)39(25-29-14-11-15-31(22-29)46-4)36(41)26-40(33-16-9-10-17-35(33)47-5)48(43,44)32-20-18-30(45-3)19-21-32/h6-22,27,34H,23-26H2,1-5H3,(H,38,42)/t34-/m0/s1. The first-order valence-electron chi connectivity index (χ1n) is 15.6. The molecule has 4 aromatic rings. The number of nitrogens with one attached hydrogen (secondary N) is 1. The molecular formula is C37H43N3O7S. The number of ether oxygens (including phenoxy) is 3. The molecule has 0 saturated carbocycles. The monoisotopic (exact) mass is 673 g/mol. The summed E-state index contributed by atoms with van der Waals surface area (Å²) >= 11 is 0. The molecule has 0 aliphatic rings. The summed E-state index contributed by atoms with van der Waals surface area (Å²) < 4.78 is 45.9. The zero-order valence-electron chi connectivity index (χ0n) is 28.0. The molecule has 0 spiro atoms. The Balaban J connectivity index is 1.83. The number of rotatable bonds is 16. The van der Waals surface area contributed by atoms with Crippen LogP contribution in [-0.2, 0) is 32.6 Å². The van der Waals surface area contributed by atoms with Gasteiger partial charge in [-0.25, -0.2) is 8.42 Å². The smallest absolute Gasteiger partial charge is 0.264 e. The summed E-state index contributed by atoms with van der Waals surface area (Å²) in [4.78, 5) is 30.0. The number of sulfonamides is 1. The van der Waals surface area contributed by atoms with E-state index in [1.165, 1.54) is 31.3 Å². The summed E-state index contributed by atoms with van der Waals surface area (Å²) in [5.74, 6) is 0.574. The third-order valence-corrected chi connectivity index (χ3v) is 9.50. The number of carbonyl (C=O) groups excluding carboxylic acids is 2. The summed E-state index contributed by atoms with van der Waals surface area (Å²) in [7, 11) is 0.153. The van der Waals surface area contributed by atoms with Gasteiger partial charge in [0.05, 0.1) is 31.9 Å². The van der Waals surface area contributed by atoms with Gasteiger partial charge in [-0.15, -0.1) is 0 Å². The van der Waals surface area contributed by atoms with Crippen LogP contribution in [0.15, 0.2) is 108 Å². The predicted molar refractivity (Wildman–Crippen MR) is 186 cm³/mol. The molecule has 2 amide bonds. The van der Waals surface area contributed by atoms with Gasteiger partial charge in [-0.1, -0.05) is 68.4 Å². The topological polar surface area (TPSA) is 114 Å². The second-order valence-electron chi connectivity index (χ2n) is 11.6. The molecule has 0 heterocycles. The number of methoxy groups -OCH3 is 3. The lowest BCUT2D eigenvalue weighted by Gasteiger charge is -2.34. The Labute approximate surface area is 283 Å². The Morgan fingerprint density at radius 1 is 0.750 bits per heavy atom. The highest BCUT2D eigenvalue weighted by molar-refractivity contribution is 7.92. The van der Waals surface area contributed by atoms with E-state index in [2.05, 4.69) is 5.32 Å². The van der Waals surface area contributed by atoms with E-state index in [4.69, 9.17) is 14.2 Å². The van der Waals surface area contributed by atoms with E-state index in [9.17, 15) is 18.0 Å². The van der Waals surface area contributed by atoms with Gasteiger partial charge in [0.1, 0.15) is 29.8 Å². The predicted octanol–water partition coefficient (Wildman–Crippen LogP) is 5.32. The van der Waals surface area contributed by atoms with Crippen LogP contribution in [0.25, 0.3) is 0 Å². The fourth-order valence-corrected chi connectivity index (χ4v) is 6.59. The average Bonchev–Trinajstić information content (AvgIpc) is 3.11. The molecule has 48 heavy (non-hydrogen) atoms. The van der Waals surface area contributed by atoms with Crippen molar-refractivity contribution in [3.8, 4) is 17.2 Å². The summed E-state index contributed by atoms with van der Waals surface area (Å²) in [6.07, 6.45) is 0.209. The van der Waals surface area contributed by atoms with Crippen molar-refractivity contribution >= 4 is 27.5 Å². The molecule has 11 heteroatoms. The normalized spacial score (nSPS) is 11.8. The summed E-state index contributed by atoms with van der Waals surface area (Å²) in [5, 5.41) is 3.00. The fourth-order valence-electron chi connectivity index (χ4n) is 5.17. The van der Waals surface area contributed by atoms with Crippen LogP contribution in [0.2, 0.25) is 0 Å². The zero-order valence-corrected chi connectivity index (χ0v) is 28.8. The first-order valence-corrected chi connectivity index (χ1v) is 17.0. The molecular weight excluding hydrogens is 630 g/mol. The third-order valence-electron chi connectivity index (χ3n) is 7.72. The fraction of sp³-hybridized carbons (Fsp3) is 0.297. The number of anilines is 1. The highest BCUT2D eigenvalue weighted by atomic mass is 32.2. The maximum atomic E-state index is 14.7. The van der Waals surface area contributed by atoms with E-state index in [0.717, 1.165) is 9.87 Å². The van der Waals surface area contributed by atoms with Gasteiger partial charge in [0, 0.05) is 19.5 Å². The van der Waals surface area contributed by atoms with E-state index in [-0.39, 0.29) is 41.1 Å². The minimum absolute atomic E-state index is 0.0188. The number of amides is 2. The summed E-state index contributed by atoms with van der Waals surface area (Å²) in [6, 6.07) is 28.2. The van der Waals surface area contributed by atoms with Gasteiger partial charge in [-0.05, 0) is 65.6 Å². The van der Waals surface area contributed by atoms with Gasteiger partial charge < -0.3 is 24.4 Å². The van der Waals surface area contributed by atoms with Crippen molar-refractivity contribution in [2.24, 2.45) is 5.92 Å². The number of benzene rings is 4. The second kappa shape index (κ2) is 16.7. The van der Waals surface area contributed by atoms with Gasteiger partial charge in [-0.2, -0.15) is 0 Å². The molecule has 0 unspecified atom stereocenters. The Kier molecular flexibility index (Phi) is 12.5. The second-order valence-corrected chi connectivity index (χ2v) is 13.4. The molecule has 4 aromatic carbocycles. The Bertz CT molecular complexity index is 1760. The minimum atomic E-state index is -4.32. The lowest BCUT2D eigenvalue weighted by Crippen LogP contribution is -2.53. The van der Waals surface area contributed by atoms with Crippen LogP contribution in [0.4, 0.5) is 5.69 Å². The van der Waals surface area contributed by atoms with Crippen molar-refractivity contribution in [3.63, 3.8) is 0 Å². The Morgan fingerprint density at radius 3 is 2.04 bits per heavy atom. The maximum Gasteiger partial charge on any atom is 0.264 e. The first-order chi connectivity index (χ1) is 23.1. The molecule has 0 radical (unpaired) electrons. The quantitative estimate of drug-likeness (QED) is 0.171. The van der Waals surface area contributed by atoms with Gasteiger partial charge in [0.2, 0.25) is 11.8 Å². The van der Waals surface area contributed by atoms with E-state index in [1.807, 2.05) is 50.2 Å². The van der Waals surface area contributed by atoms with Crippen LogP contribution >= 0.6 is 0 Å². The molecule has 0 aromatic heterocycles. The first kappa shape index (κ1) is 35.8. The number of hydrogen-bond acceptors (Lipinski definition) is 7. The molecule has 0 fully saturated rings. The highest BCUT2D eigenvalue weighted by Crippen LogP contribution is 2.33. The molecule has 1 atom stereocenters. The van der Waals surface area contributed by atoms with E-state index in [1.54, 1.807) is 61.7 Å². The van der Waals surface area contributed by atoms with Crippen LogP contribution in [0.5, 0.6) is 17.2 Å². The molecule has 0 aliphatic carbocycles. The van der Waals surface area contributed by atoms with E-state index >= 15 is 0 Å². The van der Waals surface area contributed by atoms with Crippen LogP contribution in [0.3, 0.4) is 0 Å². The number of nitrogens with zero attached hydrogens (tertiary/aromatic N) is 2. The van der Waals surface area contributed by atoms with Crippen molar-refractivity contribution in [1.82, 2.24) is 10.2 Å². The van der Waals surface area contributed by atoms with E-state index < -0.39 is 28.5 Å². The molecule has 4 rings (SSSR count). The number of para-hydroxylation sites is 2. The van der Waals surface area contributed by atoms with Crippen molar-refractivity contribution < 1.29 is 32.2 Å². The van der Waals surface area contributed by atoms with Crippen molar-refractivity contribution in [2.75, 3.05) is 38.7 Å². The third kappa shape index (κ3) is 9.07. The minimum Gasteiger partial charge on any atom is -0.497 e. The Morgan fingerprint density at radius 2 is 1.40 bits per heavy atom. The van der Waals surface area contributed by atoms with Crippen LogP contribution < -0.4 is 23.8 Å². The Hall–Kier alpha value is -5.03. The van der Waals surface area contributed by atoms with Gasteiger partial charge in [-0.3, -0.25) is 13.9 Å². The summed E-state index contributed by atoms with van der Waals surface area (Å²) in [6.45, 7) is 3.79. The van der Waals surface area contributed by atoms with Crippen molar-refractivity contribution in [2.45, 2.75) is 37.8 Å². The lowest BCUT2D eigenvalue weighted by molar-refractivity contribution is -0.140. The van der Waals surface area contributed by atoms with Crippen LogP contribution in [0, 0.1) is 5.92 Å². The molecule has 254 valence electrons. The number of hydrogen-bond donors (Lipinski definition) is 1. The van der Waals surface area contributed by atoms with Crippen molar-refractivity contribution in [3.05, 3.63) is 114 Å². The highest BCUT2D eigenvalue weighted by Gasteiger charge is 2.35. The summed E-state index contributed by atoms with van der Waals surface area (Å²) in [5.41, 5.74) is 1.73. The molecule has 1 N–H and O–H groups in total. The number of carbonyl (C=O) groups is 2. The van der Waals surface area contributed by atoms with E-state index in [0.29, 0.717) is 23.6 Å². The molecule has 10 nitrogen and oxygen atoms in total. The van der Waals surface area contributed by atoms with Crippen molar-refractivity contribution in [1.29, 1.82) is 0 Å². The lowest BCUT2D eigenvalue weighted by atomic mass is 10.0. The molecule has 0 saturated heterocycles. The molecule has 0 aliphatic heterocycles. The molecule has 0 bridgehead atoms. The maximum absolute atomic E-state index is 14.7. The van der Waals surface area contributed by atoms with Gasteiger partial charge in [0.25, 0.3) is 10.0 Å². The largest absolute Gasteiger partial charge is 0.497 e. The van der Waals surface area contributed by atoms with Crippen LogP contribution in [-0.4, -0.2) is 65.6 Å². The SMILES string of the molecule is COc1ccc(S(=O)(=O)N(CC(=O)N(Cc2cccc(OC)c2)[C@@H](Cc2ccccc2)C(=O)NCC(C)C)c2ccccc2OC)cc1. The van der Waals surface area contributed by atoms with Crippen LogP contribution in [0.1, 0.15) is 25.0 Å².